The smallest absolute Gasteiger partial charge is 0.375 e. The molecule has 5 heteroatoms. The minimum atomic E-state index is -1.14. The van der Waals surface area contributed by atoms with Crippen molar-refractivity contribution in [2.75, 3.05) is 20.3 Å². The van der Waals surface area contributed by atoms with Crippen molar-refractivity contribution in [3.05, 3.63) is 29.5 Å². The lowest BCUT2D eigenvalue weighted by atomic mass is 10.1. The molecule has 0 aliphatic heterocycles. The molecule has 0 atom stereocenters. The van der Waals surface area contributed by atoms with Gasteiger partial charge in [0, 0.05) is 7.11 Å². The quantitative estimate of drug-likeness (QED) is 0.825. The number of aryl methyl sites for hydroxylation is 1. The molecular formula is C13H14O5. The molecule has 0 unspecified atom stereocenters. The van der Waals surface area contributed by atoms with E-state index >= 15 is 0 Å². The van der Waals surface area contributed by atoms with Gasteiger partial charge in [-0.15, -0.1) is 0 Å². The first kappa shape index (κ1) is 12.4. The van der Waals surface area contributed by atoms with Crippen LogP contribution in [0, 0.1) is 6.92 Å². The standard InChI is InChI=1S/C13H14O5/c1-8-4-3-5-9-10(8)18-12(13(14)15)11(9)17-7-6-16-2/h3-5H,6-7H2,1-2H3,(H,14,15). The van der Waals surface area contributed by atoms with Crippen molar-refractivity contribution in [3.63, 3.8) is 0 Å². The molecule has 18 heavy (non-hydrogen) atoms. The van der Waals surface area contributed by atoms with Crippen molar-refractivity contribution in [2.45, 2.75) is 6.92 Å². The van der Waals surface area contributed by atoms with Gasteiger partial charge in [-0.05, 0) is 18.6 Å². The van der Waals surface area contributed by atoms with Gasteiger partial charge in [0.05, 0.1) is 12.0 Å². The number of ether oxygens (including phenoxy) is 2. The summed E-state index contributed by atoms with van der Waals surface area (Å²) in [5, 5.41) is 9.78. The molecule has 0 fully saturated rings. The fourth-order valence-corrected chi connectivity index (χ4v) is 1.75. The molecule has 1 N–H and O–H groups in total. The van der Waals surface area contributed by atoms with E-state index in [0.717, 1.165) is 5.56 Å². The summed E-state index contributed by atoms with van der Waals surface area (Å²) in [7, 11) is 1.55. The number of aromatic carboxylic acids is 1. The number of carboxylic acid groups (broad SMARTS) is 1. The van der Waals surface area contributed by atoms with Crippen LogP contribution >= 0.6 is 0 Å². The number of furan rings is 1. The Balaban J connectivity index is 2.49. The van der Waals surface area contributed by atoms with Crippen LogP contribution in [0.1, 0.15) is 16.1 Å². The van der Waals surface area contributed by atoms with Crippen molar-refractivity contribution in [3.8, 4) is 5.75 Å². The van der Waals surface area contributed by atoms with Crippen LogP contribution in [0.3, 0.4) is 0 Å². The topological polar surface area (TPSA) is 68.9 Å². The van der Waals surface area contributed by atoms with Gasteiger partial charge in [-0.2, -0.15) is 0 Å². The number of hydrogen-bond donors (Lipinski definition) is 1. The highest BCUT2D eigenvalue weighted by atomic mass is 16.5. The highest BCUT2D eigenvalue weighted by Gasteiger charge is 2.22. The highest BCUT2D eigenvalue weighted by Crippen LogP contribution is 2.34. The summed E-state index contributed by atoms with van der Waals surface area (Å²) in [5.41, 5.74) is 1.42. The monoisotopic (exact) mass is 250 g/mol. The maximum absolute atomic E-state index is 11.1. The van der Waals surface area contributed by atoms with E-state index in [2.05, 4.69) is 0 Å². The lowest BCUT2D eigenvalue weighted by Crippen LogP contribution is -2.06. The summed E-state index contributed by atoms with van der Waals surface area (Å²) in [5.74, 6) is -1.05. The van der Waals surface area contributed by atoms with Gasteiger partial charge in [-0.3, -0.25) is 0 Å². The fraction of sp³-hybridized carbons (Fsp3) is 0.308. The van der Waals surface area contributed by atoms with E-state index in [1.54, 1.807) is 13.2 Å². The van der Waals surface area contributed by atoms with E-state index in [9.17, 15) is 4.79 Å². The average molecular weight is 250 g/mol. The van der Waals surface area contributed by atoms with Crippen molar-refractivity contribution >= 4 is 16.9 Å². The van der Waals surface area contributed by atoms with Gasteiger partial charge in [-0.25, -0.2) is 4.79 Å². The predicted molar refractivity (Wildman–Crippen MR) is 65.3 cm³/mol. The molecule has 0 radical (unpaired) electrons. The summed E-state index contributed by atoms with van der Waals surface area (Å²) < 4.78 is 15.7. The number of benzene rings is 1. The molecule has 0 saturated heterocycles. The van der Waals surface area contributed by atoms with E-state index in [-0.39, 0.29) is 18.1 Å². The third-order valence-corrected chi connectivity index (χ3v) is 2.59. The Morgan fingerprint density at radius 3 is 2.83 bits per heavy atom. The first-order valence-electron chi connectivity index (χ1n) is 5.52. The molecule has 0 amide bonds. The van der Waals surface area contributed by atoms with Crippen LogP contribution in [0.5, 0.6) is 5.75 Å². The van der Waals surface area contributed by atoms with Crippen LogP contribution in [0.15, 0.2) is 22.6 Å². The van der Waals surface area contributed by atoms with Gasteiger partial charge in [0.2, 0.25) is 0 Å². The second kappa shape index (κ2) is 5.10. The van der Waals surface area contributed by atoms with Gasteiger partial charge in [0.25, 0.3) is 5.76 Å². The summed E-state index contributed by atoms with van der Waals surface area (Å²) in [4.78, 5) is 11.1. The number of rotatable bonds is 5. The number of para-hydroxylation sites is 1. The van der Waals surface area contributed by atoms with E-state index in [1.807, 2.05) is 19.1 Å². The zero-order chi connectivity index (χ0) is 13.1. The molecule has 1 aromatic heterocycles. The van der Waals surface area contributed by atoms with Gasteiger partial charge in [0.1, 0.15) is 12.2 Å². The Bertz CT molecular complexity index is 570. The summed E-state index contributed by atoms with van der Waals surface area (Å²) in [6.07, 6.45) is 0. The SMILES string of the molecule is COCCOc1c(C(=O)O)oc2c(C)cccc12. The molecule has 5 nitrogen and oxygen atoms in total. The highest BCUT2D eigenvalue weighted by molar-refractivity contribution is 5.98. The number of hydrogen-bond acceptors (Lipinski definition) is 4. The third-order valence-electron chi connectivity index (χ3n) is 2.59. The van der Waals surface area contributed by atoms with Crippen LogP contribution < -0.4 is 4.74 Å². The molecular weight excluding hydrogens is 236 g/mol. The van der Waals surface area contributed by atoms with Crippen molar-refractivity contribution < 1.29 is 23.8 Å². The maximum Gasteiger partial charge on any atom is 0.375 e. The second-order valence-electron chi connectivity index (χ2n) is 3.86. The Morgan fingerprint density at radius 1 is 1.39 bits per heavy atom. The Labute approximate surface area is 104 Å². The molecule has 1 heterocycles. The minimum absolute atomic E-state index is 0.171. The lowest BCUT2D eigenvalue weighted by molar-refractivity contribution is 0.0655. The largest absolute Gasteiger partial charge is 0.486 e. The Hall–Kier alpha value is -2.01. The van der Waals surface area contributed by atoms with E-state index in [0.29, 0.717) is 17.6 Å². The molecule has 0 aliphatic carbocycles. The fourth-order valence-electron chi connectivity index (χ4n) is 1.75. The first-order chi connectivity index (χ1) is 8.65. The van der Waals surface area contributed by atoms with Gasteiger partial charge in [-0.1, -0.05) is 12.1 Å². The van der Waals surface area contributed by atoms with E-state index in [4.69, 9.17) is 19.0 Å². The molecule has 2 rings (SSSR count). The predicted octanol–water partition coefficient (Wildman–Crippen LogP) is 2.46. The van der Waals surface area contributed by atoms with Crippen molar-refractivity contribution in [1.29, 1.82) is 0 Å². The number of methoxy groups -OCH3 is 1. The lowest BCUT2D eigenvalue weighted by Gasteiger charge is -2.04. The van der Waals surface area contributed by atoms with Crippen LogP contribution in [0.25, 0.3) is 11.0 Å². The zero-order valence-electron chi connectivity index (χ0n) is 10.2. The number of fused-ring (bicyclic) bond motifs is 1. The molecule has 2 aromatic rings. The summed E-state index contributed by atoms with van der Waals surface area (Å²) in [6.45, 7) is 2.52. The van der Waals surface area contributed by atoms with Crippen molar-refractivity contribution in [1.82, 2.24) is 0 Å². The average Bonchev–Trinajstić information content (AvgIpc) is 2.70. The maximum atomic E-state index is 11.1. The third kappa shape index (κ3) is 2.17. The van der Waals surface area contributed by atoms with Crippen LogP contribution in [-0.2, 0) is 4.74 Å². The van der Waals surface area contributed by atoms with Crippen LogP contribution in [-0.4, -0.2) is 31.4 Å². The van der Waals surface area contributed by atoms with E-state index < -0.39 is 5.97 Å². The molecule has 0 spiro atoms. The van der Waals surface area contributed by atoms with Gasteiger partial charge >= 0.3 is 5.97 Å². The van der Waals surface area contributed by atoms with Crippen LogP contribution in [0.2, 0.25) is 0 Å². The summed E-state index contributed by atoms with van der Waals surface area (Å²) >= 11 is 0. The van der Waals surface area contributed by atoms with E-state index in [1.165, 1.54) is 0 Å². The number of carbonyl (C=O) groups is 1. The molecule has 0 aliphatic rings. The molecule has 0 saturated carbocycles. The van der Waals surface area contributed by atoms with Crippen molar-refractivity contribution in [2.24, 2.45) is 0 Å². The zero-order valence-corrected chi connectivity index (χ0v) is 10.2. The molecule has 1 aromatic carbocycles. The summed E-state index contributed by atoms with van der Waals surface area (Å²) in [6, 6.07) is 5.47. The number of carboxylic acids is 1. The molecule has 0 bridgehead atoms. The normalized spacial score (nSPS) is 10.8. The first-order valence-corrected chi connectivity index (χ1v) is 5.52. The van der Waals surface area contributed by atoms with Gasteiger partial charge in [0.15, 0.2) is 5.75 Å². The second-order valence-corrected chi connectivity index (χ2v) is 3.86. The minimum Gasteiger partial charge on any atom is -0.486 e. The Kier molecular flexibility index (Phi) is 3.53. The van der Waals surface area contributed by atoms with Gasteiger partial charge < -0.3 is 19.0 Å². The molecule has 96 valence electrons. The van der Waals surface area contributed by atoms with Crippen LogP contribution in [0.4, 0.5) is 0 Å². The Morgan fingerprint density at radius 2 is 2.17 bits per heavy atom.